The number of nitrogens with one attached hydrogen (secondary N) is 1. The lowest BCUT2D eigenvalue weighted by molar-refractivity contribution is 0.323. The van der Waals surface area contributed by atoms with E-state index in [9.17, 15) is 0 Å². The Morgan fingerprint density at radius 3 is 2.79 bits per heavy atom. The van der Waals surface area contributed by atoms with Crippen LogP contribution in [0.25, 0.3) is 0 Å². The Hall–Kier alpha value is -0.610. The molecule has 1 saturated heterocycles. The molecule has 0 bridgehead atoms. The fourth-order valence-electron chi connectivity index (χ4n) is 2.67. The third kappa shape index (κ3) is 3.48. The van der Waals surface area contributed by atoms with Crippen LogP contribution in [0.2, 0.25) is 0 Å². The zero-order valence-corrected chi connectivity index (χ0v) is 13.5. The van der Waals surface area contributed by atoms with Gasteiger partial charge in [-0.1, -0.05) is 27.2 Å². The monoisotopic (exact) mass is 281 g/mol. The molecule has 4 heteroatoms. The fourth-order valence-corrected chi connectivity index (χ4v) is 3.83. The van der Waals surface area contributed by atoms with Gasteiger partial charge in [-0.2, -0.15) is 0 Å². The van der Waals surface area contributed by atoms with E-state index in [4.69, 9.17) is 4.98 Å². The SMILES string of the molecule is CCCc1nc(N2CCC(C)C(C)C2)sc1CNC. The molecule has 19 heavy (non-hydrogen) atoms. The summed E-state index contributed by atoms with van der Waals surface area (Å²) in [6.07, 6.45) is 3.58. The minimum Gasteiger partial charge on any atom is -0.348 e. The highest BCUT2D eigenvalue weighted by Crippen LogP contribution is 2.32. The Morgan fingerprint density at radius 1 is 1.37 bits per heavy atom. The molecule has 0 amide bonds. The van der Waals surface area contributed by atoms with Crippen LogP contribution < -0.4 is 10.2 Å². The number of hydrogen-bond donors (Lipinski definition) is 1. The number of rotatable bonds is 5. The van der Waals surface area contributed by atoms with Gasteiger partial charge in [-0.3, -0.25) is 0 Å². The van der Waals surface area contributed by atoms with Crippen LogP contribution in [-0.4, -0.2) is 25.1 Å². The van der Waals surface area contributed by atoms with Gasteiger partial charge in [-0.05, 0) is 31.7 Å². The first-order valence-corrected chi connectivity index (χ1v) is 8.35. The molecule has 0 spiro atoms. The maximum Gasteiger partial charge on any atom is 0.185 e. The van der Waals surface area contributed by atoms with Gasteiger partial charge in [-0.25, -0.2) is 4.98 Å². The lowest BCUT2D eigenvalue weighted by Gasteiger charge is -2.35. The third-order valence-corrected chi connectivity index (χ3v) is 5.35. The molecule has 1 N–H and O–H groups in total. The van der Waals surface area contributed by atoms with Crippen molar-refractivity contribution >= 4 is 16.5 Å². The Bertz CT molecular complexity index is 379. The Balaban J connectivity index is 2.13. The molecule has 2 atom stereocenters. The first kappa shape index (κ1) is 14.8. The van der Waals surface area contributed by atoms with Gasteiger partial charge in [0.1, 0.15) is 0 Å². The second-order valence-electron chi connectivity index (χ2n) is 5.84. The normalized spacial score (nSPS) is 23.9. The Morgan fingerprint density at radius 2 is 2.16 bits per heavy atom. The van der Waals surface area contributed by atoms with E-state index >= 15 is 0 Å². The fraction of sp³-hybridized carbons (Fsp3) is 0.800. The molecule has 0 aliphatic carbocycles. The van der Waals surface area contributed by atoms with E-state index in [-0.39, 0.29) is 0 Å². The van der Waals surface area contributed by atoms with Crippen molar-refractivity contribution in [2.75, 3.05) is 25.0 Å². The van der Waals surface area contributed by atoms with Gasteiger partial charge < -0.3 is 10.2 Å². The van der Waals surface area contributed by atoms with Crippen LogP contribution in [0.1, 0.15) is 44.2 Å². The molecule has 0 saturated carbocycles. The number of aryl methyl sites for hydroxylation is 1. The van der Waals surface area contributed by atoms with Crippen LogP contribution in [0.3, 0.4) is 0 Å². The van der Waals surface area contributed by atoms with E-state index < -0.39 is 0 Å². The van der Waals surface area contributed by atoms with Crippen LogP contribution >= 0.6 is 11.3 Å². The molecule has 2 rings (SSSR count). The lowest BCUT2D eigenvalue weighted by atomic mass is 9.89. The lowest BCUT2D eigenvalue weighted by Crippen LogP contribution is -2.38. The molecule has 1 aliphatic heterocycles. The predicted octanol–water partition coefficient (Wildman–Crippen LogP) is 3.30. The van der Waals surface area contributed by atoms with Gasteiger partial charge in [0, 0.05) is 24.5 Å². The smallest absolute Gasteiger partial charge is 0.185 e. The van der Waals surface area contributed by atoms with Crippen molar-refractivity contribution in [1.82, 2.24) is 10.3 Å². The van der Waals surface area contributed by atoms with Gasteiger partial charge >= 0.3 is 0 Å². The quantitative estimate of drug-likeness (QED) is 0.897. The summed E-state index contributed by atoms with van der Waals surface area (Å²) in [5.74, 6) is 1.63. The first-order chi connectivity index (χ1) is 9.15. The minimum absolute atomic E-state index is 0.778. The summed E-state index contributed by atoms with van der Waals surface area (Å²) in [5, 5.41) is 4.51. The van der Waals surface area contributed by atoms with E-state index in [1.165, 1.54) is 41.6 Å². The molecular formula is C15H27N3S. The molecular weight excluding hydrogens is 254 g/mol. The summed E-state index contributed by atoms with van der Waals surface area (Å²) in [6.45, 7) is 10.3. The standard InChI is InChI=1S/C15H27N3S/c1-5-6-13-14(9-16-4)19-15(17-13)18-8-7-11(2)12(3)10-18/h11-12,16H,5-10H2,1-4H3. The Labute approximate surface area is 121 Å². The van der Waals surface area contributed by atoms with Crippen molar-refractivity contribution in [2.24, 2.45) is 11.8 Å². The van der Waals surface area contributed by atoms with E-state index in [1.807, 2.05) is 18.4 Å². The summed E-state index contributed by atoms with van der Waals surface area (Å²) < 4.78 is 0. The van der Waals surface area contributed by atoms with Crippen molar-refractivity contribution in [3.8, 4) is 0 Å². The van der Waals surface area contributed by atoms with Crippen LogP contribution in [0.15, 0.2) is 0 Å². The first-order valence-electron chi connectivity index (χ1n) is 7.53. The number of aromatic nitrogens is 1. The summed E-state index contributed by atoms with van der Waals surface area (Å²) in [6, 6.07) is 0. The molecule has 1 aromatic heterocycles. The van der Waals surface area contributed by atoms with Crippen LogP contribution in [0.4, 0.5) is 5.13 Å². The summed E-state index contributed by atoms with van der Waals surface area (Å²) in [7, 11) is 2.01. The number of thiazole rings is 1. The maximum absolute atomic E-state index is 4.91. The topological polar surface area (TPSA) is 28.2 Å². The van der Waals surface area contributed by atoms with Crippen molar-refractivity contribution in [1.29, 1.82) is 0 Å². The van der Waals surface area contributed by atoms with Crippen LogP contribution in [0.5, 0.6) is 0 Å². The molecule has 108 valence electrons. The average Bonchev–Trinajstić information content (AvgIpc) is 2.77. The number of anilines is 1. The molecule has 2 heterocycles. The highest BCUT2D eigenvalue weighted by atomic mass is 32.1. The number of piperidine rings is 1. The maximum atomic E-state index is 4.91. The summed E-state index contributed by atoms with van der Waals surface area (Å²) in [4.78, 5) is 8.82. The average molecular weight is 281 g/mol. The van der Waals surface area contributed by atoms with E-state index in [2.05, 4.69) is 31.0 Å². The van der Waals surface area contributed by atoms with E-state index in [0.29, 0.717) is 0 Å². The number of nitrogens with zero attached hydrogens (tertiary/aromatic N) is 2. The van der Waals surface area contributed by atoms with Crippen molar-refractivity contribution in [3.05, 3.63) is 10.6 Å². The van der Waals surface area contributed by atoms with Gasteiger partial charge in [0.05, 0.1) is 5.69 Å². The second-order valence-corrected chi connectivity index (χ2v) is 6.90. The molecule has 0 radical (unpaired) electrons. The van der Waals surface area contributed by atoms with E-state index in [1.54, 1.807) is 0 Å². The van der Waals surface area contributed by atoms with Crippen molar-refractivity contribution in [3.63, 3.8) is 0 Å². The largest absolute Gasteiger partial charge is 0.348 e. The van der Waals surface area contributed by atoms with Crippen LogP contribution in [0, 0.1) is 11.8 Å². The zero-order chi connectivity index (χ0) is 13.8. The summed E-state index contributed by atoms with van der Waals surface area (Å²) >= 11 is 1.89. The van der Waals surface area contributed by atoms with Crippen molar-refractivity contribution in [2.45, 2.75) is 46.6 Å². The van der Waals surface area contributed by atoms with Gasteiger partial charge in [0.2, 0.25) is 0 Å². The highest BCUT2D eigenvalue weighted by Gasteiger charge is 2.25. The van der Waals surface area contributed by atoms with Gasteiger partial charge in [0.25, 0.3) is 0 Å². The Kier molecular flexibility index (Phi) is 5.22. The zero-order valence-electron chi connectivity index (χ0n) is 12.7. The second kappa shape index (κ2) is 6.71. The predicted molar refractivity (Wildman–Crippen MR) is 84.0 cm³/mol. The molecule has 1 aromatic rings. The molecule has 1 aliphatic rings. The van der Waals surface area contributed by atoms with Crippen molar-refractivity contribution < 1.29 is 0 Å². The summed E-state index contributed by atoms with van der Waals surface area (Å²) in [5.41, 5.74) is 1.31. The molecule has 3 nitrogen and oxygen atoms in total. The highest BCUT2D eigenvalue weighted by molar-refractivity contribution is 7.15. The molecule has 2 unspecified atom stereocenters. The van der Waals surface area contributed by atoms with Crippen LogP contribution in [-0.2, 0) is 13.0 Å². The van der Waals surface area contributed by atoms with Gasteiger partial charge in [-0.15, -0.1) is 11.3 Å². The van der Waals surface area contributed by atoms with Gasteiger partial charge in [0.15, 0.2) is 5.13 Å². The molecule has 0 aromatic carbocycles. The minimum atomic E-state index is 0.778. The number of hydrogen-bond acceptors (Lipinski definition) is 4. The van der Waals surface area contributed by atoms with E-state index in [0.717, 1.165) is 24.8 Å². The molecule has 1 fully saturated rings. The third-order valence-electron chi connectivity index (χ3n) is 4.20.